The molecule has 1 aromatic rings. The van der Waals surface area contributed by atoms with Gasteiger partial charge in [0.1, 0.15) is 5.82 Å². The highest BCUT2D eigenvalue weighted by molar-refractivity contribution is 6.02. The fraction of sp³-hybridized carbons (Fsp3) is 0.462. The molecule has 0 amide bonds. The van der Waals surface area contributed by atoms with Gasteiger partial charge in [0.2, 0.25) is 0 Å². The van der Waals surface area contributed by atoms with E-state index in [-0.39, 0.29) is 5.82 Å². The molecule has 0 aromatic heterocycles. The molecule has 3 N–H and O–H groups in total. The lowest BCUT2D eigenvalue weighted by atomic mass is 10.1. The van der Waals surface area contributed by atoms with Gasteiger partial charge in [0.05, 0.1) is 0 Å². The summed E-state index contributed by atoms with van der Waals surface area (Å²) in [5, 5.41) is 7.95. The zero-order valence-electron chi connectivity index (χ0n) is 10.0. The lowest BCUT2D eigenvalue weighted by molar-refractivity contribution is 0.334. The zero-order valence-corrected chi connectivity index (χ0v) is 10.0. The third-order valence-electron chi connectivity index (χ3n) is 3.23. The van der Waals surface area contributed by atoms with Gasteiger partial charge >= 0.3 is 0 Å². The highest BCUT2D eigenvalue weighted by Gasteiger charge is 2.25. The molecule has 0 heterocycles. The van der Waals surface area contributed by atoms with E-state index in [9.17, 15) is 4.39 Å². The van der Waals surface area contributed by atoms with Gasteiger partial charge in [-0.1, -0.05) is 0 Å². The van der Waals surface area contributed by atoms with Gasteiger partial charge in [-0.05, 0) is 38.1 Å². The van der Waals surface area contributed by atoms with Gasteiger partial charge in [-0.15, -0.1) is 0 Å². The highest BCUT2D eigenvalue weighted by atomic mass is 19.1. The molecule has 1 aliphatic rings. The predicted octanol–water partition coefficient (Wildman–Crippen LogP) is 2.26. The maximum atomic E-state index is 13.1. The molecule has 92 valence electrons. The summed E-state index contributed by atoms with van der Waals surface area (Å²) in [6.45, 7) is 0.833. The van der Waals surface area contributed by atoms with E-state index in [0.717, 1.165) is 6.54 Å². The Balaban J connectivity index is 1.96. The molecule has 0 atom stereocenters. The van der Waals surface area contributed by atoms with Crippen LogP contribution < -0.4 is 5.73 Å². The van der Waals surface area contributed by atoms with Crippen molar-refractivity contribution in [2.75, 3.05) is 19.3 Å². The molecule has 0 aliphatic heterocycles. The molecule has 2 rings (SSSR count). The second-order valence-corrected chi connectivity index (χ2v) is 4.67. The van der Waals surface area contributed by atoms with Crippen molar-refractivity contribution in [3.05, 3.63) is 29.6 Å². The molecular formula is C13H18FN3. The van der Waals surface area contributed by atoms with Crippen molar-refractivity contribution in [2.24, 2.45) is 0 Å². The summed E-state index contributed by atoms with van der Waals surface area (Å²) in [5.41, 5.74) is 7.16. The number of rotatable bonds is 5. The Morgan fingerprint density at radius 3 is 2.88 bits per heavy atom. The van der Waals surface area contributed by atoms with Gasteiger partial charge in [0.15, 0.2) is 0 Å². The maximum absolute atomic E-state index is 13.1. The molecule has 0 saturated heterocycles. The first-order valence-electron chi connectivity index (χ1n) is 5.91. The largest absolute Gasteiger partial charge is 0.398 e. The van der Waals surface area contributed by atoms with Crippen molar-refractivity contribution in [1.29, 1.82) is 5.41 Å². The summed E-state index contributed by atoms with van der Waals surface area (Å²) >= 11 is 0. The lowest BCUT2D eigenvalue weighted by Gasteiger charge is -2.16. The minimum absolute atomic E-state index is 0.338. The van der Waals surface area contributed by atoms with E-state index in [0.29, 0.717) is 29.4 Å². The number of nitrogens with one attached hydrogen (secondary N) is 1. The van der Waals surface area contributed by atoms with Crippen molar-refractivity contribution in [1.82, 2.24) is 4.90 Å². The first-order chi connectivity index (χ1) is 8.08. The Bertz CT molecular complexity index is 427. The van der Waals surface area contributed by atoms with E-state index < -0.39 is 0 Å². The maximum Gasteiger partial charge on any atom is 0.124 e. The fourth-order valence-electron chi connectivity index (χ4n) is 1.91. The average molecular weight is 235 g/mol. The molecule has 0 spiro atoms. The zero-order chi connectivity index (χ0) is 12.4. The number of hydrogen-bond acceptors (Lipinski definition) is 3. The van der Waals surface area contributed by atoms with Crippen molar-refractivity contribution < 1.29 is 4.39 Å². The van der Waals surface area contributed by atoms with Crippen LogP contribution in [0.1, 0.15) is 24.8 Å². The van der Waals surface area contributed by atoms with Crippen LogP contribution in [0, 0.1) is 11.2 Å². The quantitative estimate of drug-likeness (QED) is 0.607. The molecule has 0 radical (unpaired) electrons. The number of hydrogen-bond donors (Lipinski definition) is 2. The number of benzene rings is 1. The Kier molecular flexibility index (Phi) is 3.43. The van der Waals surface area contributed by atoms with Gasteiger partial charge in [-0.2, -0.15) is 0 Å². The first kappa shape index (κ1) is 12.0. The van der Waals surface area contributed by atoms with E-state index in [2.05, 4.69) is 11.9 Å². The average Bonchev–Trinajstić information content (AvgIpc) is 3.12. The molecule has 1 aromatic carbocycles. The minimum Gasteiger partial charge on any atom is -0.398 e. The second kappa shape index (κ2) is 4.84. The van der Waals surface area contributed by atoms with Crippen LogP contribution >= 0.6 is 0 Å². The number of anilines is 1. The monoisotopic (exact) mass is 235 g/mol. The van der Waals surface area contributed by atoms with Gasteiger partial charge in [-0.3, -0.25) is 0 Å². The summed E-state index contributed by atoms with van der Waals surface area (Å²) in [6.07, 6.45) is 3.12. The normalized spacial score (nSPS) is 15.2. The van der Waals surface area contributed by atoms with E-state index in [1.807, 2.05) is 0 Å². The molecule has 0 bridgehead atoms. The van der Waals surface area contributed by atoms with Crippen LogP contribution in [0.3, 0.4) is 0 Å². The van der Waals surface area contributed by atoms with Crippen LogP contribution in [0.4, 0.5) is 10.1 Å². The van der Waals surface area contributed by atoms with Crippen LogP contribution in [0.5, 0.6) is 0 Å². The third kappa shape index (κ3) is 3.03. The summed E-state index contributed by atoms with van der Waals surface area (Å²) in [4.78, 5) is 2.25. The second-order valence-electron chi connectivity index (χ2n) is 4.67. The lowest BCUT2D eigenvalue weighted by Crippen LogP contribution is -2.24. The summed E-state index contributed by atoms with van der Waals surface area (Å²) in [5.74, 6) is -0.338. The molecule has 1 saturated carbocycles. The summed E-state index contributed by atoms with van der Waals surface area (Å²) in [6, 6.07) is 4.87. The van der Waals surface area contributed by atoms with E-state index in [1.54, 1.807) is 0 Å². The van der Waals surface area contributed by atoms with Gasteiger partial charge in [0.25, 0.3) is 0 Å². The SMILES string of the molecule is CN(CCC(=N)c1cc(F)ccc1N)C1CC1. The van der Waals surface area contributed by atoms with Crippen molar-refractivity contribution >= 4 is 11.4 Å². The van der Waals surface area contributed by atoms with E-state index in [1.165, 1.54) is 31.0 Å². The molecule has 0 unspecified atom stereocenters. The first-order valence-corrected chi connectivity index (χ1v) is 5.91. The van der Waals surface area contributed by atoms with Gasteiger partial charge in [0, 0.05) is 36.0 Å². The standard InChI is InChI=1S/C13H18FN3/c1-17(10-3-4-10)7-6-13(16)11-8-9(14)2-5-12(11)15/h2,5,8,10,16H,3-4,6-7,15H2,1H3. The Morgan fingerprint density at radius 1 is 1.53 bits per heavy atom. The third-order valence-corrected chi connectivity index (χ3v) is 3.23. The van der Waals surface area contributed by atoms with Crippen molar-refractivity contribution in [2.45, 2.75) is 25.3 Å². The van der Waals surface area contributed by atoms with Crippen LogP contribution in [0.25, 0.3) is 0 Å². The Labute approximate surface area is 101 Å². The van der Waals surface area contributed by atoms with E-state index in [4.69, 9.17) is 11.1 Å². The number of halogens is 1. The summed E-state index contributed by atoms with van der Waals surface area (Å²) < 4.78 is 13.1. The van der Waals surface area contributed by atoms with Crippen LogP contribution in [-0.2, 0) is 0 Å². The smallest absolute Gasteiger partial charge is 0.124 e. The molecule has 1 aliphatic carbocycles. The number of nitrogen functional groups attached to an aromatic ring is 1. The predicted molar refractivity (Wildman–Crippen MR) is 67.9 cm³/mol. The summed E-state index contributed by atoms with van der Waals surface area (Å²) in [7, 11) is 2.07. The van der Waals surface area contributed by atoms with E-state index >= 15 is 0 Å². The number of nitrogens with zero attached hydrogens (tertiary/aromatic N) is 1. The minimum atomic E-state index is -0.338. The molecule has 1 fully saturated rings. The molecule has 3 nitrogen and oxygen atoms in total. The topological polar surface area (TPSA) is 53.1 Å². The molecule has 17 heavy (non-hydrogen) atoms. The highest BCUT2D eigenvalue weighted by Crippen LogP contribution is 2.25. The van der Waals surface area contributed by atoms with Crippen LogP contribution in [0.2, 0.25) is 0 Å². The van der Waals surface area contributed by atoms with Crippen LogP contribution in [0.15, 0.2) is 18.2 Å². The van der Waals surface area contributed by atoms with Gasteiger partial charge in [-0.25, -0.2) is 4.39 Å². The Morgan fingerprint density at radius 2 is 2.24 bits per heavy atom. The van der Waals surface area contributed by atoms with Crippen LogP contribution in [-0.4, -0.2) is 30.2 Å². The van der Waals surface area contributed by atoms with Crippen molar-refractivity contribution in [3.8, 4) is 0 Å². The number of nitrogens with two attached hydrogens (primary N) is 1. The fourth-order valence-corrected chi connectivity index (χ4v) is 1.91. The van der Waals surface area contributed by atoms with Gasteiger partial charge < -0.3 is 16.0 Å². The Hall–Kier alpha value is -1.42. The molecule has 4 heteroatoms. The van der Waals surface area contributed by atoms with Crippen molar-refractivity contribution in [3.63, 3.8) is 0 Å². The molecular weight excluding hydrogens is 217 g/mol.